The summed E-state index contributed by atoms with van der Waals surface area (Å²) in [5, 5.41) is 2.55. The number of alkyl halides is 3. The van der Waals surface area contributed by atoms with E-state index in [9.17, 15) is 22.4 Å². The molecule has 1 saturated heterocycles. The highest BCUT2D eigenvalue weighted by Gasteiger charge is 2.31. The molecule has 26 heavy (non-hydrogen) atoms. The molecule has 0 saturated carbocycles. The van der Waals surface area contributed by atoms with Crippen molar-refractivity contribution in [2.75, 3.05) is 33.2 Å². The lowest BCUT2D eigenvalue weighted by atomic mass is 10.1. The van der Waals surface area contributed by atoms with Crippen molar-refractivity contribution in [1.29, 1.82) is 0 Å². The van der Waals surface area contributed by atoms with Gasteiger partial charge in [0.15, 0.2) is 0 Å². The van der Waals surface area contributed by atoms with Crippen LogP contribution < -0.4 is 5.32 Å². The molecule has 2 amide bonds. The summed E-state index contributed by atoms with van der Waals surface area (Å²) in [6.07, 6.45) is -2.17. The van der Waals surface area contributed by atoms with Crippen molar-refractivity contribution in [2.45, 2.75) is 32.5 Å². The fraction of sp³-hybridized carbons (Fsp3) is 0.611. The normalized spacial score (nSPS) is 16.5. The molecule has 1 N–H and O–H groups in total. The number of nitrogens with zero attached hydrogens (tertiary/aromatic N) is 2. The van der Waals surface area contributed by atoms with Gasteiger partial charge >= 0.3 is 12.2 Å². The number of carbonyl (C=O) groups is 1. The molecule has 1 heterocycles. The van der Waals surface area contributed by atoms with Crippen LogP contribution in [0.25, 0.3) is 0 Å². The van der Waals surface area contributed by atoms with Crippen LogP contribution in [0.2, 0.25) is 0 Å². The molecule has 1 aliphatic heterocycles. The summed E-state index contributed by atoms with van der Waals surface area (Å²) in [4.78, 5) is 16.0. The van der Waals surface area contributed by atoms with Crippen LogP contribution in [0, 0.1) is 11.7 Å². The summed E-state index contributed by atoms with van der Waals surface area (Å²) in [5.74, 6) is -0.683. The molecular weight excluding hydrogens is 350 g/mol. The Labute approximate surface area is 151 Å². The number of benzene rings is 1. The van der Waals surface area contributed by atoms with Crippen LogP contribution in [0.1, 0.15) is 30.9 Å². The van der Waals surface area contributed by atoms with Gasteiger partial charge in [-0.15, -0.1) is 0 Å². The molecule has 1 aliphatic rings. The van der Waals surface area contributed by atoms with Gasteiger partial charge in [-0.05, 0) is 44.0 Å². The van der Waals surface area contributed by atoms with Gasteiger partial charge in [0.2, 0.25) is 0 Å². The summed E-state index contributed by atoms with van der Waals surface area (Å²) in [7, 11) is 1.65. The van der Waals surface area contributed by atoms with Crippen molar-refractivity contribution < 1.29 is 22.4 Å². The molecule has 0 spiro atoms. The van der Waals surface area contributed by atoms with Crippen molar-refractivity contribution >= 4 is 6.03 Å². The first-order chi connectivity index (χ1) is 12.2. The zero-order chi connectivity index (χ0) is 19.3. The van der Waals surface area contributed by atoms with Crippen molar-refractivity contribution in [1.82, 2.24) is 15.1 Å². The Balaban J connectivity index is 1.81. The van der Waals surface area contributed by atoms with Crippen LogP contribution in [0.15, 0.2) is 18.2 Å². The summed E-state index contributed by atoms with van der Waals surface area (Å²) >= 11 is 0. The number of nitrogens with one attached hydrogen (secondary N) is 1. The Morgan fingerprint density at radius 2 is 1.96 bits per heavy atom. The van der Waals surface area contributed by atoms with E-state index in [1.54, 1.807) is 7.05 Å². The minimum absolute atomic E-state index is 0.0184. The number of carbonyl (C=O) groups excluding carboxylic acids is 1. The maximum Gasteiger partial charge on any atom is 0.416 e. The molecule has 1 fully saturated rings. The molecule has 0 aromatic heterocycles. The minimum atomic E-state index is -4.59. The maximum absolute atomic E-state index is 13.8. The first kappa shape index (κ1) is 20.5. The van der Waals surface area contributed by atoms with Gasteiger partial charge in [0.1, 0.15) is 5.82 Å². The van der Waals surface area contributed by atoms with Crippen molar-refractivity contribution in [3.8, 4) is 0 Å². The highest BCUT2D eigenvalue weighted by molar-refractivity contribution is 5.73. The number of rotatable bonds is 6. The number of hydrogen-bond acceptors (Lipinski definition) is 2. The summed E-state index contributed by atoms with van der Waals surface area (Å²) in [6, 6.07) is 1.93. The van der Waals surface area contributed by atoms with E-state index in [2.05, 4.69) is 17.1 Å². The van der Waals surface area contributed by atoms with Gasteiger partial charge in [-0.1, -0.05) is 13.0 Å². The van der Waals surface area contributed by atoms with Crippen molar-refractivity contribution in [3.63, 3.8) is 0 Å². The quantitative estimate of drug-likeness (QED) is 0.770. The van der Waals surface area contributed by atoms with Crippen molar-refractivity contribution in [2.24, 2.45) is 5.92 Å². The molecule has 1 aromatic carbocycles. The van der Waals surface area contributed by atoms with Crippen LogP contribution >= 0.6 is 0 Å². The standard InChI is InChI=1S/C18H25F4N3O/c1-13(12-25-7-3-4-8-25)11-24(2)17(26)23-10-14-5-6-15(9-16(14)19)18(20,21)22/h5-6,9,13H,3-4,7-8,10-12H2,1-2H3,(H,23,26)/t13-/m1/s1. The number of halogens is 4. The van der Waals surface area contributed by atoms with Gasteiger partial charge in [-0.3, -0.25) is 0 Å². The third-order valence-corrected chi connectivity index (χ3v) is 4.51. The predicted molar refractivity (Wildman–Crippen MR) is 91.1 cm³/mol. The Hall–Kier alpha value is -1.83. The molecule has 0 bridgehead atoms. The largest absolute Gasteiger partial charge is 0.416 e. The van der Waals surface area contributed by atoms with Crippen LogP contribution in [-0.2, 0) is 12.7 Å². The summed E-state index contributed by atoms with van der Waals surface area (Å²) in [5.41, 5.74) is -1.03. The van der Waals surface area contributed by atoms with E-state index in [4.69, 9.17) is 0 Å². The van der Waals surface area contributed by atoms with E-state index in [0.717, 1.165) is 31.8 Å². The maximum atomic E-state index is 13.8. The van der Waals surface area contributed by atoms with E-state index in [0.29, 0.717) is 18.5 Å². The molecule has 1 aromatic rings. The summed E-state index contributed by atoms with van der Waals surface area (Å²) < 4.78 is 51.4. The van der Waals surface area contributed by atoms with Crippen LogP contribution in [0.4, 0.5) is 22.4 Å². The second-order valence-corrected chi connectivity index (χ2v) is 6.96. The Morgan fingerprint density at radius 1 is 1.31 bits per heavy atom. The fourth-order valence-corrected chi connectivity index (χ4v) is 3.19. The van der Waals surface area contributed by atoms with Gasteiger partial charge in [-0.2, -0.15) is 13.2 Å². The Morgan fingerprint density at radius 3 is 2.54 bits per heavy atom. The lowest BCUT2D eigenvalue weighted by molar-refractivity contribution is -0.137. The first-order valence-electron chi connectivity index (χ1n) is 8.73. The molecule has 0 aliphatic carbocycles. The van der Waals surface area contributed by atoms with Gasteiger partial charge in [0.25, 0.3) is 0 Å². The molecular formula is C18H25F4N3O. The lowest BCUT2D eigenvalue weighted by Crippen LogP contribution is -2.41. The zero-order valence-corrected chi connectivity index (χ0v) is 15.1. The highest BCUT2D eigenvalue weighted by atomic mass is 19.4. The zero-order valence-electron chi connectivity index (χ0n) is 15.1. The molecule has 0 unspecified atom stereocenters. The molecule has 8 heteroatoms. The van der Waals surface area contributed by atoms with E-state index in [-0.39, 0.29) is 18.1 Å². The number of urea groups is 1. The van der Waals surface area contributed by atoms with Gasteiger partial charge in [-0.25, -0.2) is 9.18 Å². The Bertz CT molecular complexity index is 615. The summed E-state index contributed by atoms with van der Waals surface area (Å²) in [6.45, 7) is 5.56. The second kappa shape index (κ2) is 8.70. The van der Waals surface area contributed by atoms with E-state index in [1.165, 1.54) is 17.7 Å². The Kier molecular flexibility index (Phi) is 6.86. The SMILES string of the molecule is C[C@@H](CN1CCCC1)CN(C)C(=O)NCc1ccc(C(F)(F)F)cc1F. The van der Waals surface area contributed by atoms with E-state index >= 15 is 0 Å². The molecule has 1 atom stereocenters. The van der Waals surface area contributed by atoms with Gasteiger partial charge in [0.05, 0.1) is 5.56 Å². The molecule has 2 rings (SSSR count). The third-order valence-electron chi connectivity index (χ3n) is 4.51. The van der Waals surface area contributed by atoms with E-state index in [1.807, 2.05) is 0 Å². The predicted octanol–water partition coefficient (Wildman–Crippen LogP) is 3.72. The molecule has 4 nitrogen and oxygen atoms in total. The average molecular weight is 375 g/mol. The van der Waals surface area contributed by atoms with Crippen LogP contribution in [0.3, 0.4) is 0 Å². The topological polar surface area (TPSA) is 35.6 Å². The second-order valence-electron chi connectivity index (χ2n) is 6.96. The fourth-order valence-electron chi connectivity index (χ4n) is 3.19. The van der Waals surface area contributed by atoms with E-state index < -0.39 is 17.6 Å². The molecule has 0 radical (unpaired) electrons. The average Bonchev–Trinajstić information content (AvgIpc) is 3.05. The number of likely N-dealkylation sites (tertiary alicyclic amines) is 1. The van der Waals surface area contributed by atoms with Gasteiger partial charge in [0, 0.05) is 32.2 Å². The van der Waals surface area contributed by atoms with Crippen LogP contribution in [-0.4, -0.2) is 49.1 Å². The number of amides is 2. The smallest absolute Gasteiger partial charge is 0.334 e. The lowest BCUT2D eigenvalue weighted by Gasteiger charge is -2.25. The van der Waals surface area contributed by atoms with Crippen LogP contribution in [0.5, 0.6) is 0 Å². The molecule has 146 valence electrons. The van der Waals surface area contributed by atoms with Gasteiger partial charge < -0.3 is 15.1 Å². The minimum Gasteiger partial charge on any atom is -0.334 e. The van der Waals surface area contributed by atoms with Crippen molar-refractivity contribution in [3.05, 3.63) is 35.1 Å². The monoisotopic (exact) mass is 375 g/mol. The highest BCUT2D eigenvalue weighted by Crippen LogP contribution is 2.30. The number of hydrogen-bond donors (Lipinski definition) is 1. The third kappa shape index (κ3) is 5.86. The first-order valence-corrected chi connectivity index (χ1v) is 8.73.